The second-order valence-electron chi connectivity index (χ2n) is 6.78. The third-order valence-corrected chi connectivity index (χ3v) is 4.61. The van der Waals surface area contributed by atoms with Crippen LogP contribution in [0.3, 0.4) is 0 Å². The maximum absolute atomic E-state index is 13.5. The lowest BCUT2D eigenvalue weighted by Crippen LogP contribution is -2.13. The van der Waals surface area contributed by atoms with Gasteiger partial charge in [0, 0.05) is 25.5 Å². The van der Waals surface area contributed by atoms with E-state index in [0.29, 0.717) is 22.6 Å². The van der Waals surface area contributed by atoms with Gasteiger partial charge in [0.1, 0.15) is 23.0 Å². The van der Waals surface area contributed by atoms with Crippen molar-refractivity contribution in [1.29, 1.82) is 0 Å². The van der Waals surface area contributed by atoms with Crippen LogP contribution >= 0.6 is 0 Å². The fourth-order valence-corrected chi connectivity index (χ4v) is 3.37. The van der Waals surface area contributed by atoms with Crippen LogP contribution in [-0.2, 0) is 16.0 Å². The Hall–Kier alpha value is -4.07. The minimum atomic E-state index is -0.639. The van der Waals surface area contributed by atoms with Crippen LogP contribution in [0.15, 0.2) is 52.4 Å². The van der Waals surface area contributed by atoms with Crippen LogP contribution in [0.25, 0.3) is 22.1 Å². The van der Waals surface area contributed by atoms with Gasteiger partial charge >= 0.3 is 11.9 Å². The number of carbonyl (C=O) groups is 2. The molecule has 0 atom stereocenters. The first-order chi connectivity index (χ1) is 14.9. The highest BCUT2D eigenvalue weighted by atomic mass is 16.7. The molecule has 8 nitrogen and oxygen atoms in total. The standard InChI is InChI=1S/C23H18O8/c1-4-5-15-18(30-12(2)24)9-20-21(23(15)31-13(3)25)22(26)16(10-27-20)14-6-7-17-19(8-14)29-11-28-17/h4,6-10H,1,5,11H2,2-3H3. The van der Waals surface area contributed by atoms with Crippen LogP contribution in [0.5, 0.6) is 23.0 Å². The number of allylic oxidation sites excluding steroid dienone is 1. The zero-order valence-corrected chi connectivity index (χ0v) is 16.9. The van der Waals surface area contributed by atoms with E-state index in [1.165, 1.54) is 26.2 Å². The number of hydrogen-bond donors (Lipinski definition) is 0. The van der Waals surface area contributed by atoms with Gasteiger partial charge in [0.15, 0.2) is 17.2 Å². The van der Waals surface area contributed by atoms with Crippen molar-refractivity contribution < 1.29 is 33.0 Å². The summed E-state index contributed by atoms with van der Waals surface area (Å²) in [4.78, 5) is 36.9. The first-order valence-corrected chi connectivity index (χ1v) is 9.38. The van der Waals surface area contributed by atoms with Gasteiger partial charge in [-0.2, -0.15) is 0 Å². The Labute approximate surface area is 176 Å². The molecule has 0 spiro atoms. The molecule has 2 heterocycles. The maximum Gasteiger partial charge on any atom is 0.308 e. The summed E-state index contributed by atoms with van der Waals surface area (Å²) in [5.74, 6) is -0.0339. The van der Waals surface area contributed by atoms with E-state index in [-0.39, 0.29) is 41.2 Å². The number of esters is 2. The Kier molecular flexibility index (Phi) is 5.21. The number of benzene rings is 2. The van der Waals surface area contributed by atoms with E-state index in [2.05, 4.69) is 6.58 Å². The van der Waals surface area contributed by atoms with Crippen molar-refractivity contribution in [2.75, 3.05) is 6.79 Å². The van der Waals surface area contributed by atoms with E-state index in [1.807, 2.05) is 0 Å². The maximum atomic E-state index is 13.5. The lowest BCUT2D eigenvalue weighted by Gasteiger charge is -2.15. The van der Waals surface area contributed by atoms with Gasteiger partial charge in [-0.3, -0.25) is 14.4 Å². The van der Waals surface area contributed by atoms with Gasteiger partial charge in [0.05, 0.1) is 5.56 Å². The molecular formula is C23H18O8. The van der Waals surface area contributed by atoms with Crippen molar-refractivity contribution in [2.24, 2.45) is 0 Å². The van der Waals surface area contributed by atoms with E-state index >= 15 is 0 Å². The van der Waals surface area contributed by atoms with Crippen LogP contribution in [0, 0.1) is 0 Å². The molecule has 0 saturated heterocycles. The smallest absolute Gasteiger partial charge is 0.308 e. The molecule has 158 valence electrons. The summed E-state index contributed by atoms with van der Waals surface area (Å²) in [6.45, 7) is 6.25. The number of hydrogen-bond acceptors (Lipinski definition) is 8. The highest BCUT2D eigenvalue weighted by molar-refractivity contribution is 5.93. The van der Waals surface area contributed by atoms with E-state index in [1.54, 1.807) is 24.3 Å². The molecule has 0 unspecified atom stereocenters. The summed E-state index contributed by atoms with van der Waals surface area (Å²) in [6, 6.07) is 6.49. The van der Waals surface area contributed by atoms with E-state index in [9.17, 15) is 14.4 Å². The average molecular weight is 422 g/mol. The molecule has 0 aliphatic carbocycles. The van der Waals surface area contributed by atoms with Gasteiger partial charge in [0.25, 0.3) is 0 Å². The van der Waals surface area contributed by atoms with Gasteiger partial charge in [-0.05, 0) is 24.1 Å². The van der Waals surface area contributed by atoms with Crippen molar-refractivity contribution in [1.82, 2.24) is 0 Å². The molecule has 0 bridgehead atoms. The van der Waals surface area contributed by atoms with Crippen molar-refractivity contribution >= 4 is 22.9 Å². The lowest BCUT2D eigenvalue weighted by molar-refractivity contribution is -0.132. The largest absolute Gasteiger partial charge is 0.463 e. The molecule has 0 amide bonds. The normalized spacial score (nSPS) is 11.9. The summed E-state index contributed by atoms with van der Waals surface area (Å²) in [6.07, 6.45) is 3.03. The molecule has 2 aromatic carbocycles. The van der Waals surface area contributed by atoms with Crippen LogP contribution in [0.2, 0.25) is 0 Å². The molecule has 1 aliphatic rings. The van der Waals surface area contributed by atoms with Crippen molar-refractivity contribution in [2.45, 2.75) is 20.3 Å². The number of carbonyl (C=O) groups excluding carboxylic acids is 2. The molecule has 0 N–H and O–H groups in total. The zero-order chi connectivity index (χ0) is 22.1. The molecule has 0 radical (unpaired) electrons. The summed E-state index contributed by atoms with van der Waals surface area (Å²) >= 11 is 0. The third-order valence-electron chi connectivity index (χ3n) is 4.61. The van der Waals surface area contributed by atoms with Crippen molar-refractivity contribution in [3.8, 4) is 34.1 Å². The molecule has 4 rings (SSSR count). The SMILES string of the molecule is C=CCc1c(OC(C)=O)cc2occ(-c3ccc4c(c3)OCO4)c(=O)c2c1OC(C)=O. The molecule has 0 saturated carbocycles. The van der Waals surface area contributed by atoms with E-state index in [4.69, 9.17) is 23.4 Å². The molecule has 0 fully saturated rings. The molecular weight excluding hydrogens is 404 g/mol. The Bertz CT molecular complexity index is 1280. The first kappa shape index (κ1) is 20.2. The predicted octanol–water partition coefficient (Wildman–Crippen LogP) is 3.77. The average Bonchev–Trinajstić information content (AvgIpc) is 3.17. The minimum Gasteiger partial charge on any atom is -0.463 e. The Morgan fingerprint density at radius 1 is 1.10 bits per heavy atom. The minimum absolute atomic E-state index is 0.0301. The third kappa shape index (κ3) is 3.75. The molecule has 31 heavy (non-hydrogen) atoms. The monoisotopic (exact) mass is 422 g/mol. The zero-order valence-electron chi connectivity index (χ0n) is 16.9. The van der Waals surface area contributed by atoms with Crippen LogP contribution in [-0.4, -0.2) is 18.7 Å². The van der Waals surface area contributed by atoms with Gasteiger partial charge in [0.2, 0.25) is 12.2 Å². The van der Waals surface area contributed by atoms with Crippen molar-refractivity contribution in [3.05, 3.63) is 59.0 Å². The lowest BCUT2D eigenvalue weighted by atomic mass is 10.0. The predicted molar refractivity (Wildman–Crippen MR) is 111 cm³/mol. The topological polar surface area (TPSA) is 101 Å². The number of rotatable bonds is 5. The molecule has 3 aromatic rings. The Morgan fingerprint density at radius 3 is 2.55 bits per heavy atom. The molecule has 8 heteroatoms. The summed E-state index contributed by atoms with van der Waals surface area (Å²) < 4.78 is 27.0. The van der Waals surface area contributed by atoms with Crippen molar-refractivity contribution in [3.63, 3.8) is 0 Å². The summed E-state index contributed by atoms with van der Waals surface area (Å²) in [5.41, 5.74) is 0.806. The van der Waals surface area contributed by atoms with Gasteiger partial charge in [-0.15, -0.1) is 6.58 Å². The second kappa shape index (κ2) is 7.98. The fraction of sp³-hybridized carbons (Fsp3) is 0.174. The van der Waals surface area contributed by atoms with E-state index in [0.717, 1.165) is 0 Å². The fourth-order valence-electron chi connectivity index (χ4n) is 3.37. The van der Waals surface area contributed by atoms with Crippen LogP contribution in [0.4, 0.5) is 0 Å². The molecule has 1 aliphatic heterocycles. The Morgan fingerprint density at radius 2 is 1.84 bits per heavy atom. The van der Waals surface area contributed by atoms with Crippen LogP contribution in [0.1, 0.15) is 19.4 Å². The first-order valence-electron chi connectivity index (χ1n) is 9.38. The van der Waals surface area contributed by atoms with Crippen LogP contribution < -0.4 is 24.4 Å². The van der Waals surface area contributed by atoms with Gasteiger partial charge in [-0.1, -0.05) is 12.1 Å². The van der Waals surface area contributed by atoms with Gasteiger partial charge in [-0.25, -0.2) is 0 Å². The summed E-state index contributed by atoms with van der Waals surface area (Å²) in [5, 5.41) is 0.0538. The van der Waals surface area contributed by atoms with E-state index < -0.39 is 17.4 Å². The Balaban J connectivity index is 2.00. The van der Waals surface area contributed by atoms with Gasteiger partial charge < -0.3 is 23.4 Å². The molecule has 1 aromatic heterocycles. The highest BCUT2D eigenvalue weighted by Gasteiger charge is 2.24. The quantitative estimate of drug-likeness (QED) is 0.348. The summed E-state index contributed by atoms with van der Waals surface area (Å²) in [7, 11) is 0. The highest BCUT2D eigenvalue weighted by Crippen LogP contribution is 2.39. The second-order valence-corrected chi connectivity index (χ2v) is 6.78. The number of ether oxygens (including phenoxy) is 4. The number of fused-ring (bicyclic) bond motifs is 2.